The van der Waals surface area contributed by atoms with Gasteiger partial charge in [0, 0.05) is 18.0 Å². The molecule has 1 aromatic carbocycles. The van der Waals surface area contributed by atoms with Crippen molar-refractivity contribution in [3.8, 4) is 11.5 Å². The predicted octanol–water partition coefficient (Wildman–Crippen LogP) is 2.75. The Balaban J connectivity index is 2.09. The molecule has 2 rings (SSSR count). The van der Waals surface area contributed by atoms with Crippen LogP contribution in [0.15, 0.2) is 24.5 Å². The average molecular weight is 295 g/mol. The number of aromatic nitrogens is 2. The number of benzene rings is 1. The van der Waals surface area contributed by atoms with Crippen molar-refractivity contribution >= 4 is 17.9 Å². The monoisotopic (exact) mass is 294 g/mol. The molecule has 6 heteroatoms. The molecule has 0 saturated heterocycles. The number of carbonyl (C=O) groups is 1. The van der Waals surface area contributed by atoms with Gasteiger partial charge in [-0.3, -0.25) is 4.79 Å². The van der Waals surface area contributed by atoms with Crippen molar-refractivity contribution in [2.75, 3.05) is 13.7 Å². The summed E-state index contributed by atoms with van der Waals surface area (Å²) in [5.74, 6) is 1.81. The minimum atomic E-state index is 0.355. The number of halogens is 1. The van der Waals surface area contributed by atoms with Crippen LogP contribution in [0.4, 0.5) is 0 Å². The Bertz CT molecular complexity index is 610. The lowest BCUT2D eigenvalue weighted by Gasteiger charge is -2.13. The summed E-state index contributed by atoms with van der Waals surface area (Å²) in [6, 6.07) is 3.14. The molecule has 0 spiro atoms. The first kappa shape index (κ1) is 14.4. The molecule has 1 heterocycles. The molecule has 0 N–H and O–H groups in total. The quantitative estimate of drug-likeness (QED) is 0.769. The van der Waals surface area contributed by atoms with Crippen molar-refractivity contribution < 1.29 is 14.3 Å². The van der Waals surface area contributed by atoms with E-state index < -0.39 is 0 Å². The molecular formula is C14H15ClN2O3. The van der Waals surface area contributed by atoms with Gasteiger partial charge in [0.25, 0.3) is 0 Å². The lowest BCUT2D eigenvalue weighted by molar-refractivity contribution is 0.112. The number of aryl methyl sites for hydroxylation is 1. The molecule has 20 heavy (non-hydrogen) atoms. The van der Waals surface area contributed by atoms with Crippen LogP contribution in [0.25, 0.3) is 0 Å². The second-order valence-corrected chi connectivity index (χ2v) is 4.58. The van der Waals surface area contributed by atoms with Gasteiger partial charge in [-0.05, 0) is 19.1 Å². The minimum Gasteiger partial charge on any atom is -0.493 e. The van der Waals surface area contributed by atoms with Crippen molar-refractivity contribution in [3.05, 3.63) is 40.9 Å². The van der Waals surface area contributed by atoms with Crippen molar-refractivity contribution in [1.82, 2.24) is 9.55 Å². The Morgan fingerprint density at radius 3 is 2.85 bits per heavy atom. The maximum atomic E-state index is 10.8. The van der Waals surface area contributed by atoms with Crippen LogP contribution in [0.2, 0.25) is 5.02 Å². The highest BCUT2D eigenvalue weighted by molar-refractivity contribution is 6.32. The van der Waals surface area contributed by atoms with Crippen molar-refractivity contribution in [2.24, 2.45) is 0 Å². The minimum absolute atomic E-state index is 0.355. The number of hydrogen-bond donors (Lipinski definition) is 0. The summed E-state index contributed by atoms with van der Waals surface area (Å²) >= 11 is 6.10. The first-order valence-corrected chi connectivity index (χ1v) is 6.46. The standard InChI is InChI=1S/C14H15ClN2O3/c1-10-16-3-4-17(10)5-6-20-14-12(15)7-11(9-18)8-13(14)19-2/h3-4,7-9H,5-6H2,1-2H3. The lowest BCUT2D eigenvalue weighted by atomic mass is 10.2. The van der Waals surface area contributed by atoms with Gasteiger partial charge in [-0.15, -0.1) is 0 Å². The molecule has 106 valence electrons. The summed E-state index contributed by atoms with van der Waals surface area (Å²) in [5, 5.41) is 0.355. The molecule has 0 aliphatic carbocycles. The molecule has 0 atom stereocenters. The van der Waals surface area contributed by atoms with Crippen molar-refractivity contribution in [1.29, 1.82) is 0 Å². The molecule has 1 aromatic heterocycles. The molecule has 0 radical (unpaired) electrons. The number of methoxy groups -OCH3 is 1. The van der Waals surface area contributed by atoms with Gasteiger partial charge in [-0.2, -0.15) is 0 Å². The van der Waals surface area contributed by atoms with Gasteiger partial charge in [-0.25, -0.2) is 4.98 Å². The Kier molecular flexibility index (Phi) is 4.63. The zero-order chi connectivity index (χ0) is 14.5. The van der Waals surface area contributed by atoms with E-state index in [1.54, 1.807) is 18.3 Å². The molecule has 0 amide bonds. The Labute approximate surface area is 122 Å². The van der Waals surface area contributed by atoms with Gasteiger partial charge in [-0.1, -0.05) is 11.6 Å². The number of hydrogen-bond acceptors (Lipinski definition) is 4. The highest BCUT2D eigenvalue weighted by Crippen LogP contribution is 2.36. The Morgan fingerprint density at radius 2 is 2.25 bits per heavy atom. The van der Waals surface area contributed by atoms with Gasteiger partial charge in [0.15, 0.2) is 11.5 Å². The fourth-order valence-corrected chi connectivity index (χ4v) is 2.11. The van der Waals surface area contributed by atoms with Crippen molar-refractivity contribution in [3.63, 3.8) is 0 Å². The number of rotatable bonds is 6. The van der Waals surface area contributed by atoms with Gasteiger partial charge >= 0.3 is 0 Å². The molecule has 0 unspecified atom stereocenters. The number of carbonyl (C=O) groups excluding carboxylic acids is 1. The molecule has 5 nitrogen and oxygen atoms in total. The van der Waals surface area contributed by atoms with Crippen molar-refractivity contribution in [2.45, 2.75) is 13.5 Å². The van der Waals surface area contributed by atoms with E-state index in [-0.39, 0.29) is 0 Å². The second kappa shape index (κ2) is 6.43. The van der Waals surface area contributed by atoms with Crippen LogP contribution >= 0.6 is 11.6 Å². The highest BCUT2D eigenvalue weighted by atomic mass is 35.5. The van der Waals surface area contributed by atoms with Gasteiger partial charge < -0.3 is 14.0 Å². The topological polar surface area (TPSA) is 53.4 Å². The van der Waals surface area contributed by atoms with Gasteiger partial charge in [0.1, 0.15) is 18.7 Å². The third-order valence-corrected chi connectivity index (χ3v) is 3.17. The van der Waals surface area contributed by atoms with Gasteiger partial charge in [0.2, 0.25) is 0 Å². The molecular weight excluding hydrogens is 280 g/mol. The summed E-state index contributed by atoms with van der Waals surface area (Å²) in [7, 11) is 1.51. The van der Waals surface area contributed by atoms with Crippen LogP contribution in [-0.4, -0.2) is 29.6 Å². The third kappa shape index (κ3) is 3.11. The molecule has 0 aliphatic heterocycles. The van der Waals surface area contributed by atoms with E-state index >= 15 is 0 Å². The smallest absolute Gasteiger partial charge is 0.179 e. The fourth-order valence-electron chi connectivity index (χ4n) is 1.83. The molecule has 2 aromatic rings. The zero-order valence-corrected chi connectivity index (χ0v) is 12.1. The highest BCUT2D eigenvalue weighted by Gasteiger charge is 2.12. The van der Waals surface area contributed by atoms with Crippen LogP contribution in [0.3, 0.4) is 0 Å². The summed E-state index contributed by atoms with van der Waals surface area (Å²) < 4.78 is 12.8. The van der Waals surface area contributed by atoms with Crippen LogP contribution in [-0.2, 0) is 6.54 Å². The Hall–Kier alpha value is -2.01. The summed E-state index contributed by atoms with van der Waals surface area (Å²) in [6.07, 6.45) is 4.34. The lowest BCUT2D eigenvalue weighted by Crippen LogP contribution is -2.09. The van der Waals surface area contributed by atoms with Crippen LogP contribution in [0.5, 0.6) is 11.5 Å². The molecule has 0 saturated carbocycles. The maximum absolute atomic E-state index is 10.8. The number of nitrogens with zero attached hydrogens (tertiary/aromatic N) is 2. The third-order valence-electron chi connectivity index (χ3n) is 2.89. The van der Waals surface area contributed by atoms with E-state index in [9.17, 15) is 4.79 Å². The number of aldehydes is 1. The van der Waals surface area contributed by atoms with Crippen LogP contribution in [0.1, 0.15) is 16.2 Å². The zero-order valence-electron chi connectivity index (χ0n) is 11.3. The van der Waals surface area contributed by atoms with E-state index in [0.29, 0.717) is 41.5 Å². The van der Waals surface area contributed by atoms with E-state index in [1.807, 2.05) is 17.7 Å². The maximum Gasteiger partial charge on any atom is 0.179 e. The molecule has 0 aliphatic rings. The van der Waals surface area contributed by atoms with Gasteiger partial charge in [0.05, 0.1) is 18.7 Å². The van der Waals surface area contributed by atoms with Crippen LogP contribution in [0, 0.1) is 6.92 Å². The number of ether oxygens (including phenoxy) is 2. The van der Waals surface area contributed by atoms with E-state index in [0.717, 1.165) is 5.82 Å². The first-order chi connectivity index (χ1) is 9.65. The SMILES string of the molecule is COc1cc(C=O)cc(Cl)c1OCCn1ccnc1C. The summed E-state index contributed by atoms with van der Waals surface area (Å²) in [5.41, 5.74) is 0.449. The largest absolute Gasteiger partial charge is 0.493 e. The summed E-state index contributed by atoms with van der Waals surface area (Å²) in [4.78, 5) is 14.9. The summed E-state index contributed by atoms with van der Waals surface area (Å²) in [6.45, 7) is 3.00. The first-order valence-electron chi connectivity index (χ1n) is 6.09. The van der Waals surface area contributed by atoms with E-state index in [1.165, 1.54) is 7.11 Å². The molecule has 0 fully saturated rings. The Morgan fingerprint density at radius 1 is 1.45 bits per heavy atom. The average Bonchev–Trinajstić information content (AvgIpc) is 2.85. The number of imidazole rings is 1. The fraction of sp³-hybridized carbons (Fsp3) is 0.286. The van der Waals surface area contributed by atoms with E-state index in [2.05, 4.69) is 4.98 Å². The normalized spacial score (nSPS) is 10.3. The second-order valence-electron chi connectivity index (χ2n) is 4.17. The van der Waals surface area contributed by atoms with E-state index in [4.69, 9.17) is 21.1 Å². The predicted molar refractivity (Wildman–Crippen MR) is 75.9 cm³/mol. The van der Waals surface area contributed by atoms with Crippen LogP contribution < -0.4 is 9.47 Å². The molecule has 0 bridgehead atoms.